The van der Waals surface area contributed by atoms with Gasteiger partial charge in [-0.15, -0.1) is 0 Å². The largest absolute Gasteiger partial charge is 0.479 e. The van der Waals surface area contributed by atoms with Gasteiger partial charge in [-0.05, 0) is 44.7 Å². The maximum atomic E-state index is 14.7. The number of carbonyl (C=O) groups excluding carboxylic acids is 2. The SMILES string of the molecule is C/C(=C(/Cl)N1CCCCCN1C=O)c1cc2c(cc1F)OC(C)C(=O)N2. The van der Waals surface area contributed by atoms with Gasteiger partial charge in [0.05, 0.1) is 5.69 Å². The number of benzene rings is 1. The van der Waals surface area contributed by atoms with Crippen LogP contribution < -0.4 is 10.1 Å². The van der Waals surface area contributed by atoms with Crippen molar-refractivity contribution in [3.8, 4) is 5.75 Å². The van der Waals surface area contributed by atoms with E-state index in [2.05, 4.69) is 5.32 Å². The Morgan fingerprint density at radius 2 is 2.08 bits per heavy atom. The van der Waals surface area contributed by atoms with Crippen LogP contribution in [0.2, 0.25) is 0 Å². The van der Waals surface area contributed by atoms with Crippen LogP contribution in [0.1, 0.15) is 38.7 Å². The lowest BCUT2D eigenvalue weighted by atomic mass is 10.0. The van der Waals surface area contributed by atoms with Gasteiger partial charge in [0.2, 0.25) is 6.41 Å². The quantitative estimate of drug-likeness (QED) is 0.644. The molecule has 2 heterocycles. The number of ether oxygens (including phenoxy) is 1. The van der Waals surface area contributed by atoms with Gasteiger partial charge in [-0.1, -0.05) is 11.6 Å². The number of halogens is 2. The molecule has 2 amide bonds. The molecule has 1 unspecified atom stereocenters. The number of hydrogen-bond acceptors (Lipinski definition) is 4. The van der Waals surface area contributed by atoms with Crippen molar-refractivity contribution >= 4 is 35.2 Å². The Bertz CT molecular complexity index is 768. The highest BCUT2D eigenvalue weighted by molar-refractivity contribution is 6.32. The van der Waals surface area contributed by atoms with Crippen LogP contribution in [-0.4, -0.2) is 41.5 Å². The second-order valence-electron chi connectivity index (χ2n) is 6.45. The van der Waals surface area contributed by atoms with E-state index in [1.165, 1.54) is 17.1 Å². The molecule has 26 heavy (non-hydrogen) atoms. The van der Waals surface area contributed by atoms with Crippen LogP contribution in [-0.2, 0) is 9.59 Å². The summed E-state index contributed by atoms with van der Waals surface area (Å²) < 4.78 is 20.1. The predicted molar refractivity (Wildman–Crippen MR) is 96.9 cm³/mol. The first kappa shape index (κ1) is 18.5. The van der Waals surface area contributed by atoms with Crippen molar-refractivity contribution < 1.29 is 18.7 Å². The van der Waals surface area contributed by atoms with Crippen molar-refractivity contribution in [1.82, 2.24) is 10.0 Å². The van der Waals surface area contributed by atoms with Gasteiger partial charge in [0.25, 0.3) is 5.91 Å². The normalized spacial score (nSPS) is 21.2. The molecule has 3 rings (SSSR count). The molecule has 140 valence electrons. The summed E-state index contributed by atoms with van der Waals surface area (Å²) in [6.07, 6.45) is 2.85. The van der Waals surface area contributed by atoms with Crippen molar-refractivity contribution in [2.24, 2.45) is 0 Å². The maximum absolute atomic E-state index is 14.7. The fourth-order valence-corrected chi connectivity index (χ4v) is 3.39. The van der Waals surface area contributed by atoms with E-state index in [1.807, 2.05) is 0 Å². The average Bonchev–Trinajstić information content (AvgIpc) is 2.87. The highest BCUT2D eigenvalue weighted by atomic mass is 35.5. The molecule has 1 atom stereocenters. The zero-order valence-electron chi connectivity index (χ0n) is 14.7. The zero-order valence-corrected chi connectivity index (χ0v) is 15.5. The van der Waals surface area contributed by atoms with Gasteiger partial charge in [0.15, 0.2) is 6.10 Å². The third kappa shape index (κ3) is 3.49. The molecule has 1 aromatic carbocycles. The van der Waals surface area contributed by atoms with Gasteiger partial charge < -0.3 is 10.1 Å². The first-order valence-corrected chi connectivity index (χ1v) is 8.97. The summed E-state index contributed by atoms with van der Waals surface area (Å²) in [5.41, 5.74) is 1.13. The minimum atomic E-state index is -0.675. The van der Waals surface area contributed by atoms with Crippen molar-refractivity contribution in [2.75, 3.05) is 18.4 Å². The first-order chi connectivity index (χ1) is 12.4. The molecule has 1 fully saturated rings. The molecular formula is C18H21ClFN3O3. The summed E-state index contributed by atoms with van der Waals surface area (Å²) in [7, 11) is 0. The minimum absolute atomic E-state index is 0.252. The number of hydrazine groups is 1. The molecule has 2 aliphatic rings. The Morgan fingerprint density at radius 1 is 1.35 bits per heavy atom. The molecule has 0 radical (unpaired) electrons. The number of nitrogens with one attached hydrogen (secondary N) is 1. The zero-order chi connectivity index (χ0) is 18.8. The molecule has 0 spiro atoms. The topological polar surface area (TPSA) is 61.9 Å². The van der Waals surface area contributed by atoms with E-state index >= 15 is 0 Å². The number of carbonyl (C=O) groups is 2. The average molecular weight is 382 g/mol. The fraction of sp³-hybridized carbons (Fsp3) is 0.444. The lowest BCUT2D eigenvalue weighted by Gasteiger charge is -2.32. The van der Waals surface area contributed by atoms with Crippen LogP contribution in [0.25, 0.3) is 5.57 Å². The lowest BCUT2D eigenvalue weighted by molar-refractivity contribution is -0.129. The van der Waals surface area contributed by atoms with Crippen LogP contribution in [0.5, 0.6) is 5.75 Å². The van der Waals surface area contributed by atoms with Crippen molar-refractivity contribution in [3.63, 3.8) is 0 Å². The fourth-order valence-electron chi connectivity index (χ4n) is 3.10. The Kier molecular flexibility index (Phi) is 5.36. The van der Waals surface area contributed by atoms with E-state index in [0.29, 0.717) is 24.4 Å². The molecule has 6 nitrogen and oxygen atoms in total. The second kappa shape index (κ2) is 7.53. The van der Waals surface area contributed by atoms with Crippen molar-refractivity contribution in [3.05, 3.63) is 28.7 Å². The van der Waals surface area contributed by atoms with E-state index in [9.17, 15) is 14.0 Å². The third-order valence-electron chi connectivity index (χ3n) is 4.63. The molecule has 8 heteroatoms. The van der Waals surface area contributed by atoms with Crippen molar-refractivity contribution in [2.45, 2.75) is 39.2 Å². The molecule has 1 N–H and O–H groups in total. The van der Waals surface area contributed by atoms with Crippen LogP contribution in [0.4, 0.5) is 10.1 Å². The van der Waals surface area contributed by atoms with E-state index in [0.717, 1.165) is 25.7 Å². The van der Waals surface area contributed by atoms with Gasteiger partial charge >= 0.3 is 0 Å². The van der Waals surface area contributed by atoms with E-state index in [4.69, 9.17) is 16.3 Å². The number of anilines is 1. The predicted octanol–water partition coefficient (Wildman–Crippen LogP) is 3.33. The highest BCUT2D eigenvalue weighted by Gasteiger charge is 2.27. The van der Waals surface area contributed by atoms with Gasteiger partial charge in [0, 0.05) is 24.7 Å². The molecular weight excluding hydrogens is 361 g/mol. The number of amides is 2. The minimum Gasteiger partial charge on any atom is -0.479 e. The molecule has 0 bridgehead atoms. The van der Waals surface area contributed by atoms with Crippen LogP contribution >= 0.6 is 11.6 Å². The van der Waals surface area contributed by atoms with E-state index < -0.39 is 11.9 Å². The van der Waals surface area contributed by atoms with Gasteiger partial charge in [-0.3, -0.25) is 19.6 Å². The molecule has 2 aliphatic heterocycles. The highest BCUT2D eigenvalue weighted by Crippen LogP contribution is 2.36. The lowest BCUT2D eigenvalue weighted by Crippen LogP contribution is -2.40. The first-order valence-electron chi connectivity index (χ1n) is 8.59. The number of nitrogens with zero attached hydrogens (tertiary/aromatic N) is 2. The Hall–Kier alpha value is -2.28. The summed E-state index contributed by atoms with van der Waals surface area (Å²) in [5.74, 6) is -0.510. The van der Waals surface area contributed by atoms with E-state index in [1.54, 1.807) is 18.9 Å². The summed E-state index contributed by atoms with van der Waals surface area (Å²) >= 11 is 6.52. The summed E-state index contributed by atoms with van der Waals surface area (Å²) in [5, 5.41) is 6.18. The Morgan fingerprint density at radius 3 is 2.81 bits per heavy atom. The number of fused-ring (bicyclic) bond motifs is 1. The molecule has 1 aromatic rings. The number of allylic oxidation sites excluding steroid dienone is 1. The summed E-state index contributed by atoms with van der Waals surface area (Å²) in [4.78, 5) is 23.2. The molecule has 0 aromatic heterocycles. The molecule has 0 saturated carbocycles. The molecule has 1 saturated heterocycles. The Labute approximate surface area is 156 Å². The third-order valence-corrected chi connectivity index (χ3v) is 5.11. The molecule has 0 aliphatic carbocycles. The van der Waals surface area contributed by atoms with Gasteiger partial charge in [-0.2, -0.15) is 0 Å². The van der Waals surface area contributed by atoms with Crippen LogP contribution in [0, 0.1) is 5.82 Å². The van der Waals surface area contributed by atoms with Crippen LogP contribution in [0.15, 0.2) is 17.3 Å². The monoisotopic (exact) mass is 381 g/mol. The number of rotatable bonds is 3. The van der Waals surface area contributed by atoms with Crippen molar-refractivity contribution in [1.29, 1.82) is 0 Å². The number of hydrogen-bond donors (Lipinski definition) is 1. The summed E-state index contributed by atoms with van der Waals surface area (Å²) in [6, 6.07) is 2.75. The summed E-state index contributed by atoms with van der Waals surface area (Å²) in [6.45, 7) is 4.44. The Balaban J connectivity index is 1.99. The van der Waals surface area contributed by atoms with Gasteiger partial charge in [0.1, 0.15) is 16.7 Å². The second-order valence-corrected chi connectivity index (χ2v) is 6.80. The van der Waals surface area contributed by atoms with Crippen LogP contribution in [0.3, 0.4) is 0 Å². The maximum Gasteiger partial charge on any atom is 0.265 e. The smallest absolute Gasteiger partial charge is 0.265 e. The standard InChI is InChI=1S/C18H21ClFN3O3/c1-11(17(19)23-7-5-3-4-6-22(23)10-24)13-8-15-16(9-14(13)20)26-12(2)18(25)21-15/h8-10,12H,3-7H2,1-2H3,(H,21,25)/b17-11+. The van der Waals surface area contributed by atoms with Gasteiger partial charge in [-0.25, -0.2) is 4.39 Å². The van der Waals surface area contributed by atoms with E-state index in [-0.39, 0.29) is 22.4 Å².